The van der Waals surface area contributed by atoms with Crippen LogP contribution in [0.5, 0.6) is 0 Å². The number of carbonyl (C=O) groups is 1. The first kappa shape index (κ1) is 16.3. The zero-order valence-corrected chi connectivity index (χ0v) is 13.9. The van der Waals surface area contributed by atoms with E-state index in [1.165, 1.54) is 24.1 Å². The Labute approximate surface area is 132 Å². The molecule has 0 aromatic carbocycles. The zero-order chi connectivity index (χ0) is 14.3. The minimum absolute atomic E-state index is 0. The molecular weight excluding hydrogens is 288 g/mol. The van der Waals surface area contributed by atoms with Gasteiger partial charge in [0.2, 0.25) is 5.91 Å². The third kappa shape index (κ3) is 3.24. The standard InChI is InChI=1S/C15H24N4O.ClH/c1-10-14(11(2)18(3)17-10)6-7-15(20)19-8-12-4-5-13(9-19)16-12;/h12-13,16H,4-9H2,1-3H3;1H/t12-,13+;. The smallest absolute Gasteiger partial charge is 0.223 e. The Bertz CT molecular complexity index is 516. The summed E-state index contributed by atoms with van der Waals surface area (Å²) in [6.45, 7) is 5.88. The van der Waals surface area contributed by atoms with Crippen molar-refractivity contribution < 1.29 is 4.79 Å². The molecule has 6 heteroatoms. The number of carbonyl (C=O) groups excluding carboxylic acids is 1. The lowest BCUT2D eigenvalue weighted by Gasteiger charge is -2.33. The Morgan fingerprint density at radius 1 is 1.29 bits per heavy atom. The van der Waals surface area contributed by atoms with Gasteiger partial charge in [-0.25, -0.2) is 0 Å². The molecule has 2 atom stereocenters. The highest BCUT2D eigenvalue weighted by atomic mass is 35.5. The average molecular weight is 313 g/mol. The van der Waals surface area contributed by atoms with E-state index in [1.54, 1.807) is 0 Å². The van der Waals surface area contributed by atoms with Gasteiger partial charge in [0.25, 0.3) is 0 Å². The topological polar surface area (TPSA) is 50.2 Å². The molecule has 2 saturated heterocycles. The fourth-order valence-corrected chi connectivity index (χ4v) is 3.57. The minimum Gasteiger partial charge on any atom is -0.340 e. The van der Waals surface area contributed by atoms with Crippen LogP contribution in [0.15, 0.2) is 0 Å². The van der Waals surface area contributed by atoms with Crippen LogP contribution in [0, 0.1) is 13.8 Å². The fraction of sp³-hybridized carbons (Fsp3) is 0.733. The van der Waals surface area contributed by atoms with Gasteiger partial charge in [0.15, 0.2) is 0 Å². The van der Waals surface area contributed by atoms with Crippen LogP contribution in [0.1, 0.15) is 36.2 Å². The van der Waals surface area contributed by atoms with Crippen LogP contribution in [0.25, 0.3) is 0 Å². The molecule has 2 aliphatic rings. The number of nitrogens with zero attached hydrogens (tertiary/aromatic N) is 3. The second-order valence-corrected chi connectivity index (χ2v) is 6.21. The third-order valence-electron chi connectivity index (χ3n) is 4.82. The summed E-state index contributed by atoms with van der Waals surface area (Å²) < 4.78 is 1.90. The zero-order valence-electron chi connectivity index (χ0n) is 13.1. The van der Waals surface area contributed by atoms with Gasteiger partial charge in [-0.15, -0.1) is 12.4 Å². The maximum atomic E-state index is 12.4. The number of halogens is 1. The number of piperazine rings is 1. The van der Waals surface area contributed by atoms with Crippen molar-refractivity contribution in [2.24, 2.45) is 7.05 Å². The van der Waals surface area contributed by atoms with E-state index in [0.29, 0.717) is 24.4 Å². The van der Waals surface area contributed by atoms with Crippen molar-refractivity contribution in [3.05, 3.63) is 17.0 Å². The lowest BCUT2D eigenvalue weighted by Crippen LogP contribution is -2.53. The molecule has 2 bridgehead atoms. The van der Waals surface area contributed by atoms with Crippen molar-refractivity contribution in [3.63, 3.8) is 0 Å². The van der Waals surface area contributed by atoms with E-state index in [0.717, 1.165) is 25.2 Å². The van der Waals surface area contributed by atoms with E-state index in [-0.39, 0.29) is 12.4 Å². The molecule has 21 heavy (non-hydrogen) atoms. The van der Waals surface area contributed by atoms with E-state index in [4.69, 9.17) is 0 Å². The quantitative estimate of drug-likeness (QED) is 0.917. The molecule has 0 radical (unpaired) electrons. The third-order valence-corrected chi connectivity index (χ3v) is 4.82. The van der Waals surface area contributed by atoms with Gasteiger partial charge in [-0.1, -0.05) is 0 Å². The first-order valence-electron chi connectivity index (χ1n) is 7.57. The summed E-state index contributed by atoms with van der Waals surface area (Å²) in [7, 11) is 1.96. The molecule has 118 valence electrons. The molecule has 1 aromatic heterocycles. The molecule has 1 amide bonds. The molecule has 0 saturated carbocycles. The molecular formula is C15H25ClN4O. The molecule has 0 spiro atoms. The molecule has 5 nitrogen and oxygen atoms in total. The lowest BCUT2D eigenvalue weighted by atomic mass is 10.1. The summed E-state index contributed by atoms with van der Waals surface area (Å²) in [5.74, 6) is 0.297. The van der Waals surface area contributed by atoms with E-state index in [9.17, 15) is 4.79 Å². The van der Waals surface area contributed by atoms with Crippen LogP contribution >= 0.6 is 12.4 Å². The Hall–Kier alpha value is -1.07. The number of hydrogen-bond acceptors (Lipinski definition) is 3. The second kappa shape index (κ2) is 6.36. The molecule has 3 rings (SSSR count). The van der Waals surface area contributed by atoms with Crippen LogP contribution < -0.4 is 5.32 Å². The molecule has 2 fully saturated rings. The van der Waals surface area contributed by atoms with Crippen molar-refractivity contribution in [2.45, 2.75) is 51.6 Å². The highest BCUT2D eigenvalue weighted by molar-refractivity contribution is 5.85. The molecule has 0 aliphatic carbocycles. The summed E-state index contributed by atoms with van der Waals surface area (Å²) in [6, 6.07) is 1.05. The van der Waals surface area contributed by atoms with Crippen molar-refractivity contribution in [1.29, 1.82) is 0 Å². The number of aryl methyl sites for hydroxylation is 2. The van der Waals surface area contributed by atoms with Crippen molar-refractivity contribution >= 4 is 18.3 Å². The summed E-state index contributed by atoms with van der Waals surface area (Å²) in [5, 5.41) is 7.98. The number of aromatic nitrogens is 2. The van der Waals surface area contributed by atoms with Gasteiger partial charge in [-0.05, 0) is 38.7 Å². The van der Waals surface area contributed by atoms with Crippen LogP contribution in [-0.4, -0.2) is 45.8 Å². The summed E-state index contributed by atoms with van der Waals surface area (Å²) in [4.78, 5) is 14.4. The van der Waals surface area contributed by atoms with Crippen LogP contribution in [0.4, 0.5) is 0 Å². The van der Waals surface area contributed by atoms with Crippen molar-refractivity contribution in [3.8, 4) is 0 Å². The van der Waals surface area contributed by atoms with Crippen molar-refractivity contribution in [2.75, 3.05) is 13.1 Å². The summed E-state index contributed by atoms with van der Waals surface area (Å²) >= 11 is 0. The maximum absolute atomic E-state index is 12.4. The SMILES string of the molecule is Cc1nn(C)c(C)c1CCC(=O)N1C[C@H]2CC[C@@H](C1)N2.Cl. The minimum atomic E-state index is 0. The van der Waals surface area contributed by atoms with Gasteiger partial charge < -0.3 is 10.2 Å². The first-order valence-corrected chi connectivity index (χ1v) is 7.57. The highest BCUT2D eigenvalue weighted by Crippen LogP contribution is 2.21. The molecule has 3 heterocycles. The van der Waals surface area contributed by atoms with E-state index in [2.05, 4.69) is 22.2 Å². The van der Waals surface area contributed by atoms with E-state index < -0.39 is 0 Å². The van der Waals surface area contributed by atoms with Crippen LogP contribution in [0.2, 0.25) is 0 Å². The molecule has 1 aromatic rings. The first-order chi connectivity index (χ1) is 9.54. The molecule has 0 unspecified atom stereocenters. The molecule has 1 N–H and O–H groups in total. The summed E-state index contributed by atoms with van der Waals surface area (Å²) in [5.41, 5.74) is 3.47. The number of nitrogens with one attached hydrogen (secondary N) is 1. The van der Waals surface area contributed by atoms with E-state index in [1.807, 2.05) is 18.7 Å². The van der Waals surface area contributed by atoms with Gasteiger partial charge in [0, 0.05) is 44.3 Å². The van der Waals surface area contributed by atoms with Crippen LogP contribution in [-0.2, 0) is 18.3 Å². The Kier molecular flexibility index (Phi) is 4.94. The number of fused-ring (bicyclic) bond motifs is 2. The number of rotatable bonds is 3. The normalized spacial score (nSPS) is 24.0. The largest absolute Gasteiger partial charge is 0.340 e. The predicted molar refractivity (Wildman–Crippen MR) is 84.8 cm³/mol. The summed E-state index contributed by atoms with van der Waals surface area (Å²) in [6.07, 6.45) is 3.85. The van der Waals surface area contributed by atoms with Gasteiger partial charge >= 0.3 is 0 Å². The highest BCUT2D eigenvalue weighted by Gasteiger charge is 2.33. The Morgan fingerprint density at radius 3 is 2.43 bits per heavy atom. The Morgan fingerprint density at radius 2 is 1.90 bits per heavy atom. The van der Waals surface area contributed by atoms with Gasteiger partial charge in [-0.2, -0.15) is 5.10 Å². The van der Waals surface area contributed by atoms with E-state index >= 15 is 0 Å². The Balaban J connectivity index is 0.00000161. The monoisotopic (exact) mass is 312 g/mol. The maximum Gasteiger partial charge on any atom is 0.223 e. The van der Waals surface area contributed by atoms with Gasteiger partial charge in [0.1, 0.15) is 0 Å². The number of hydrogen-bond donors (Lipinski definition) is 1. The second-order valence-electron chi connectivity index (χ2n) is 6.21. The van der Waals surface area contributed by atoms with Crippen LogP contribution in [0.3, 0.4) is 0 Å². The lowest BCUT2D eigenvalue weighted by molar-refractivity contribution is -0.132. The number of amides is 1. The predicted octanol–water partition coefficient (Wildman–Crippen LogP) is 1.35. The fourth-order valence-electron chi connectivity index (χ4n) is 3.57. The number of likely N-dealkylation sites (tertiary alicyclic amines) is 1. The van der Waals surface area contributed by atoms with Gasteiger partial charge in [0.05, 0.1) is 5.69 Å². The average Bonchev–Trinajstić information content (AvgIpc) is 2.87. The van der Waals surface area contributed by atoms with Crippen molar-refractivity contribution in [1.82, 2.24) is 20.0 Å². The van der Waals surface area contributed by atoms with Gasteiger partial charge in [-0.3, -0.25) is 9.48 Å². The molecule has 2 aliphatic heterocycles.